The monoisotopic (exact) mass is 687 g/mol. The molecule has 10 nitrogen and oxygen atoms in total. The number of piperidine rings is 1. The second-order valence-corrected chi connectivity index (χ2v) is 12.7. The van der Waals surface area contributed by atoms with Gasteiger partial charge in [0.2, 0.25) is 5.91 Å². The fourth-order valence-corrected chi connectivity index (χ4v) is 7.64. The Morgan fingerprint density at radius 1 is 0.958 bits per heavy atom. The number of nitrogens with zero attached hydrogens (tertiary/aromatic N) is 4. The number of nitrogens with one attached hydrogen (secondary N) is 1. The van der Waals surface area contributed by atoms with E-state index >= 15 is 0 Å². The van der Waals surface area contributed by atoms with Gasteiger partial charge in [0.05, 0.1) is 59.6 Å². The Kier molecular flexibility index (Phi) is 8.57. The molecule has 1 spiro atoms. The number of ether oxygens (including phenoxy) is 4. The molecular weight excluding hydrogens is 653 g/mol. The smallest absolute Gasteiger partial charge is 0.247 e. The Labute approximate surface area is 288 Å². The SMILES string of the molecule is C=CC(=O)Nc1cc(-c2cc3c(cn2)cc(-c2c(Cl)c(OC)cc(OC)c2Cl)c2nccn23)c(OC)cc1N1CCC2(CCCO2)CC1. The molecule has 0 aliphatic carbocycles. The second-order valence-electron chi connectivity index (χ2n) is 12.0. The van der Waals surface area contributed by atoms with Crippen molar-refractivity contribution >= 4 is 57.0 Å². The summed E-state index contributed by atoms with van der Waals surface area (Å²) in [6.07, 6.45) is 10.7. The van der Waals surface area contributed by atoms with Crippen molar-refractivity contribution in [3.8, 4) is 39.6 Å². The lowest BCUT2D eigenvalue weighted by Gasteiger charge is -2.40. The van der Waals surface area contributed by atoms with Crippen LogP contribution in [-0.4, -0.2) is 66.9 Å². The topological polar surface area (TPSA) is 99.5 Å². The van der Waals surface area contributed by atoms with Gasteiger partial charge in [-0.2, -0.15) is 0 Å². The van der Waals surface area contributed by atoms with Crippen molar-refractivity contribution in [3.63, 3.8) is 0 Å². The van der Waals surface area contributed by atoms with Crippen molar-refractivity contribution in [2.24, 2.45) is 0 Å². The van der Waals surface area contributed by atoms with E-state index in [0.29, 0.717) is 55.4 Å². The van der Waals surface area contributed by atoms with Gasteiger partial charge in [0, 0.05) is 72.5 Å². The lowest BCUT2D eigenvalue weighted by atomic mass is 9.88. The number of rotatable bonds is 8. The standard InChI is InChI=1S/C36H35Cl2N5O5/c1-5-31(44)41-25-16-22(28(45-2)18-27(25)42-11-8-36(9-12-42)7-6-14-48-36)24-17-26-21(20-40-24)15-23(35-39-10-13-43(26)35)32-33(37)29(46-3)19-30(47-4)34(32)38/h5,10,13,15-20H,1,6-9,11-12,14H2,2-4H3,(H,41,44). The fraction of sp³-hybridized carbons (Fsp3) is 0.306. The Balaban J connectivity index is 1.34. The van der Waals surface area contributed by atoms with E-state index in [4.69, 9.17) is 47.1 Å². The first-order valence-corrected chi connectivity index (χ1v) is 16.5. The zero-order chi connectivity index (χ0) is 33.6. The summed E-state index contributed by atoms with van der Waals surface area (Å²) in [6.45, 7) is 6.10. The summed E-state index contributed by atoms with van der Waals surface area (Å²) in [4.78, 5) is 24.4. The highest BCUT2D eigenvalue weighted by Gasteiger charge is 2.39. The molecule has 0 unspecified atom stereocenters. The van der Waals surface area contributed by atoms with Gasteiger partial charge in [0.1, 0.15) is 22.9 Å². The van der Waals surface area contributed by atoms with Gasteiger partial charge in [0.15, 0.2) is 0 Å². The van der Waals surface area contributed by atoms with Crippen LogP contribution in [0, 0.1) is 0 Å². The van der Waals surface area contributed by atoms with Crippen LogP contribution in [0.15, 0.2) is 61.6 Å². The maximum atomic E-state index is 12.6. The average molecular weight is 689 g/mol. The van der Waals surface area contributed by atoms with Gasteiger partial charge in [-0.15, -0.1) is 0 Å². The number of benzene rings is 2. The molecule has 12 heteroatoms. The number of methoxy groups -OCH3 is 3. The molecule has 2 aromatic carbocycles. The summed E-state index contributed by atoms with van der Waals surface area (Å²) in [5.41, 5.74) is 5.58. The molecular formula is C36H35Cl2N5O5. The molecule has 0 saturated carbocycles. The van der Waals surface area contributed by atoms with Crippen LogP contribution in [0.1, 0.15) is 25.7 Å². The van der Waals surface area contributed by atoms with Gasteiger partial charge in [-0.1, -0.05) is 29.8 Å². The van der Waals surface area contributed by atoms with E-state index in [1.165, 1.54) is 20.3 Å². The average Bonchev–Trinajstić information content (AvgIpc) is 3.79. The van der Waals surface area contributed by atoms with Crippen molar-refractivity contribution in [1.29, 1.82) is 0 Å². The largest absolute Gasteiger partial charge is 0.496 e. The highest BCUT2D eigenvalue weighted by atomic mass is 35.5. The molecule has 248 valence electrons. The number of hydrogen-bond donors (Lipinski definition) is 1. The van der Waals surface area contributed by atoms with E-state index in [-0.39, 0.29) is 11.5 Å². The van der Waals surface area contributed by atoms with E-state index in [2.05, 4.69) is 21.8 Å². The van der Waals surface area contributed by atoms with Crippen LogP contribution in [0.4, 0.5) is 11.4 Å². The lowest BCUT2D eigenvalue weighted by molar-refractivity contribution is -0.111. The number of anilines is 2. The van der Waals surface area contributed by atoms with Crippen LogP contribution in [0.25, 0.3) is 38.9 Å². The highest BCUT2D eigenvalue weighted by Crippen LogP contribution is 2.48. The third kappa shape index (κ3) is 5.47. The quantitative estimate of drug-likeness (QED) is 0.165. The summed E-state index contributed by atoms with van der Waals surface area (Å²) in [7, 11) is 4.72. The first-order chi connectivity index (χ1) is 23.3. The van der Waals surface area contributed by atoms with Gasteiger partial charge in [-0.3, -0.25) is 14.2 Å². The fourth-order valence-electron chi connectivity index (χ4n) is 6.93. The van der Waals surface area contributed by atoms with Gasteiger partial charge >= 0.3 is 0 Å². The molecule has 1 amide bonds. The first kappa shape index (κ1) is 32.1. The number of amides is 1. The second kappa shape index (κ2) is 12.8. The normalized spacial score (nSPS) is 15.6. The number of carbonyl (C=O) groups is 1. The Hall–Kier alpha value is -4.51. The zero-order valence-electron chi connectivity index (χ0n) is 26.9. The zero-order valence-corrected chi connectivity index (χ0v) is 28.5. The summed E-state index contributed by atoms with van der Waals surface area (Å²) in [5, 5.41) is 4.53. The van der Waals surface area contributed by atoms with Crippen LogP contribution in [0.5, 0.6) is 17.2 Å². The number of imidazole rings is 1. The molecule has 2 aliphatic heterocycles. The molecule has 7 rings (SSSR count). The van der Waals surface area contributed by atoms with Crippen molar-refractivity contribution in [1.82, 2.24) is 14.4 Å². The molecule has 5 aromatic rings. The van der Waals surface area contributed by atoms with Crippen LogP contribution >= 0.6 is 23.2 Å². The minimum Gasteiger partial charge on any atom is -0.496 e. The Morgan fingerprint density at radius 3 is 2.33 bits per heavy atom. The van der Waals surface area contributed by atoms with Crippen molar-refractivity contribution in [2.45, 2.75) is 31.3 Å². The predicted octanol–water partition coefficient (Wildman–Crippen LogP) is 7.82. The first-order valence-electron chi connectivity index (χ1n) is 15.7. The molecule has 0 bridgehead atoms. The molecule has 0 radical (unpaired) electrons. The van der Waals surface area contributed by atoms with Gasteiger partial charge in [-0.25, -0.2) is 4.98 Å². The number of halogens is 2. The predicted molar refractivity (Wildman–Crippen MR) is 189 cm³/mol. The minimum atomic E-state index is -0.300. The third-order valence-electron chi connectivity index (χ3n) is 9.43. The van der Waals surface area contributed by atoms with Crippen LogP contribution < -0.4 is 24.4 Å². The van der Waals surface area contributed by atoms with E-state index in [9.17, 15) is 4.79 Å². The molecule has 1 N–H and O–H groups in total. The highest BCUT2D eigenvalue weighted by molar-refractivity contribution is 6.41. The van der Waals surface area contributed by atoms with Gasteiger partial charge < -0.3 is 29.2 Å². The van der Waals surface area contributed by atoms with Gasteiger partial charge in [-0.05, 0) is 50.0 Å². The molecule has 5 heterocycles. The van der Waals surface area contributed by atoms with E-state index < -0.39 is 0 Å². The molecule has 2 aliphatic rings. The van der Waals surface area contributed by atoms with Crippen LogP contribution in [0.3, 0.4) is 0 Å². The number of carbonyl (C=O) groups excluding carboxylic acids is 1. The maximum Gasteiger partial charge on any atom is 0.247 e. The Bertz CT molecular complexity index is 2040. The lowest BCUT2D eigenvalue weighted by Crippen LogP contribution is -2.44. The summed E-state index contributed by atoms with van der Waals surface area (Å²) in [6, 6.07) is 9.47. The Morgan fingerprint density at radius 2 is 1.69 bits per heavy atom. The molecule has 48 heavy (non-hydrogen) atoms. The summed E-state index contributed by atoms with van der Waals surface area (Å²) < 4.78 is 25.1. The number of aromatic nitrogens is 3. The van der Waals surface area contributed by atoms with E-state index in [1.807, 2.05) is 34.9 Å². The molecule has 0 atom stereocenters. The molecule has 2 fully saturated rings. The van der Waals surface area contributed by atoms with Crippen molar-refractivity contribution in [2.75, 3.05) is 51.2 Å². The maximum absolute atomic E-state index is 12.6. The van der Waals surface area contributed by atoms with Crippen molar-refractivity contribution < 1.29 is 23.7 Å². The number of pyridine rings is 2. The van der Waals surface area contributed by atoms with E-state index in [1.54, 1.807) is 25.6 Å². The van der Waals surface area contributed by atoms with Crippen molar-refractivity contribution in [3.05, 3.63) is 71.6 Å². The molecule has 3 aromatic heterocycles. The molecule has 2 saturated heterocycles. The van der Waals surface area contributed by atoms with Crippen LogP contribution in [0.2, 0.25) is 10.0 Å². The number of fused-ring (bicyclic) bond motifs is 3. The minimum absolute atomic E-state index is 0.0338. The van der Waals surface area contributed by atoms with Crippen LogP contribution in [-0.2, 0) is 9.53 Å². The number of hydrogen-bond acceptors (Lipinski definition) is 8. The summed E-state index contributed by atoms with van der Waals surface area (Å²) >= 11 is 13.6. The van der Waals surface area contributed by atoms with Gasteiger partial charge in [0.25, 0.3) is 0 Å². The third-order valence-corrected chi connectivity index (χ3v) is 10.2. The van der Waals surface area contributed by atoms with E-state index in [0.717, 1.165) is 67.5 Å². The summed E-state index contributed by atoms with van der Waals surface area (Å²) in [5.74, 6) is 1.19.